The molecule has 0 radical (unpaired) electrons. The lowest BCUT2D eigenvalue weighted by Gasteiger charge is -2.08. The molecule has 0 unspecified atom stereocenters. The van der Waals surface area contributed by atoms with Gasteiger partial charge in [0.2, 0.25) is 0 Å². The van der Waals surface area contributed by atoms with Crippen LogP contribution in [0.1, 0.15) is 0 Å². The van der Waals surface area contributed by atoms with Gasteiger partial charge in [-0.2, -0.15) is 0 Å². The lowest BCUT2D eigenvalue weighted by atomic mass is 10.0. The van der Waals surface area contributed by atoms with Crippen molar-refractivity contribution in [1.82, 2.24) is 24.8 Å². The summed E-state index contributed by atoms with van der Waals surface area (Å²) in [5.41, 5.74) is 3.83. The Morgan fingerprint density at radius 2 is 1.77 bits per heavy atom. The number of rotatable bonds is 2. The van der Waals surface area contributed by atoms with Gasteiger partial charge >= 0.3 is 0 Å². The van der Waals surface area contributed by atoms with E-state index in [0.29, 0.717) is 5.65 Å². The van der Waals surface area contributed by atoms with Crippen molar-refractivity contribution in [3.63, 3.8) is 0 Å². The van der Waals surface area contributed by atoms with Crippen molar-refractivity contribution in [1.29, 1.82) is 0 Å². The summed E-state index contributed by atoms with van der Waals surface area (Å²) in [7, 11) is 0. The van der Waals surface area contributed by atoms with Gasteiger partial charge in [-0.3, -0.25) is 4.98 Å². The van der Waals surface area contributed by atoms with Gasteiger partial charge in [0.15, 0.2) is 5.65 Å². The number of nitrogens with zero attached hydrogens (tertiary/aromatic N) is 5. The molecule has 0 spiro atoms. The molecule has 0 bridgehead atoms. The van der Waals surface area contributed by atoms with Gasteiger partial charge < -0.3 is 0 Å². The maximum absolute atomic E-state index is 13.1. The first-order valence-corrected chi connectivity index (χ1v) is 6.70. The molecule has 0 aliphatic rings. The van der Waals surface area contributed by atoms with Crippen molar-refractivity contribution >= 4 is 5.65 Å². The molecule has 0 N–H and O–H groups in total. The molecule has 0 amide bonds. The second kappa shape index (κ2) is 5.00. The zero-order valence-electron chi connectivity index (χ0n) is 11.4. The van der Waals surface area contributed by atoms with Gasteiger partial charge in [0.1, 0.15) is 12.1 Å². The van der Waals surface area contributed by atoms with Crippen molar-refractivity contribution in [3.8, 4) is 22.5 Å². The van der Waals surface area contributed by atoms with Gasteiger partial charge in [0.25, 0.3) is 0 Å². The minimum Gasteiger partial charge on any atom is -0.256 e. The van der Waals surface area contributed by atoms with E-state index in [2.05, 4.69) is 20.2 Å². The Balaban J connectivity index is 1.89. The van der Waals surface area contributed by atoms with Crippen LogP contribution in [0.25, 0.3) is 28.2 Å². The molecule has 3 aromatic heterocycles. The van der Waals surface area contributed by atoms with Gasteiger partial charge in [0.05, 0.1) is 11.4 Å². The number of halogens is 1. The number of hydrogen-bond acceptors (Lipinski definition) is 4. The average Bonchev–Trinajstić information content (AvgIpc) is 3.03. The normalized spacial score (nSPS) is 11.0. The van der Waals surface area contributed by atoms with Crippen LogP contribution in [0.4, 0.5) is 4.39 Å². The molecule has 22 heavy (non-hydrogen) atoms. The minimum absolute atomic E-state index is 0.275. The maximum atomic E-state index is 13.1. The number of hydrogen-bond donors (Lipinski definition) is 0. The molecule has 1 aromatic carbocycles. The van der Waals surface area contributed by atoms with E-state index in [1.54, 1.807) is 18.3 Å². The van der Waals surface area contributed by atoms with E-state index in [1.807, 2.05) is 24.3 Å². The quantitative estimate of drug-likeness (QED) is 0.569. The van der Waals surface area contributed by atoms with E-state index in [4.69, 9.17) is 0 Å². The van der Waals surface area contributed by atoms with Crippen LogP contribution in [0.3, 0.4) is 0 Å². The predicted molar refractivity (Wildman–Crippen MR) is 79.4 cm³/mol. The molecule has 0 fully saturated rings. The number of aromatic nitrogens is 5. The number of pyridine rings is 1. The Morgan fingerprint density at radius 3 is 2.64 bits per heavy atom. The molecular formula is C16H10FN5. The lowest BCUT2D eigenvalue weighted by Crippen LogP contribution is -1.98. The molecule has 0 aliphatic carbocycles. The molecule has 0 saturated heterocycles. The molecule has 0 atom stereocenters. The third-order valence-electron chi connectivity index (χ3n) is 3.35. The number of fused-ring (bicyclic) bond motifs is 1. The second-order valence-corrected chi connectivity index (χ2v) is 4.73. The van der Waals surface area contributed by atoms with E-state index < -0.39 is 0 Å². The topological polar surface area (TPSA) is 56.0 Å². The predicted octanol–water partition coefficient (Wildman–Crippen LogP) is 2.99. The van der Waals surface area contributed by atoms with E-state index in [-0.39, 0.29) is 5.82 Å². The Bertz CT molecular complexity index is 946. The third-order valence-corrected chi connectivity index (χ3v) is 3.35. The largest absolute Gasteiger partial charge is 0.256 e. The molecule has 4 rings (SSSR count). The van der Waals surface area contributed by atoms with Crippen molar-refractivity contribution in [2.24, 2.45) is 0 Å². The molecule has 5 nitrogen and oxygen atoms in total. The van der Waals surface area contributed by atoms with Gasteiger partial charge in [-0.25, -0.2) is 9.37 Å². The molecule has 3 heterocycles. The number of benzene rings is 1. The van der Waals surface area contributed by atoms with Crippen LogP contribution < -0.4 is 0 Å². The first-order valence-electron chi connectivity index (χ1n) is 6.70. The van der Waals surface area contributed by atoms with E-state index in [0.717, 1.165) is 22.5 Å². The summed E-state index contributed by atoms with van der Waals surface area (Å²) in [6.07, 6.45) is 3.16. The highest BCUT2D eigenvalue weighted by Gasteiger charge is 2.11. The Kier molecular flexibility index (Phi) is 2.86. The third kappa shape index (κ3) is 2.10. The van der Waals surface area contributed by atoms with Crippen molar-refractivity contribution in [3.05, 3.63) is 66.9 Å². The van der Waals surface area contributed by atoms with Crippen molar-refractivity contribution in [2.75, 3.05) is 0 Å². The first-order chi connectivity index (χ1) is 10.8. The Morgan fingerprint density at radius 1 is 0.909 bits per heavy atom. The zero-order valence-corrected chi connectivity index (χ0v) is 11.4. The summed E-state index contributed by atoms with van der Waals surface area (Å²) in [5.74, 6) is -0.275. The van der Waals surface area contributed by atoms with Gasteiger partial charge in [-0.15, -0.1) is 14.8 Å². The highest BCUT2D eigenvalue weighted by atomic mass is 19.1. The summed E-state index contributed by atoms with van der Waals surface area (Å²) in [4.78, 5) is 8.49. The average molecular weight is 291 g/mol. The smallest absolute Gasteiger partial charge is 0.176 e. The monoisotopic (exact) mass is 291 g/mol. The molecule has 106 valence electrons. The summed E-state index contributed by atoms with van der Waals surface area (Å²) in [6.45, 7) is 0. The van der Waals surface area contributed by atoms with Crippen LogP contribution in [-0.2, 0) is 0 Å². The van der Waals surface area contributed by atoms with Crippen molar-refractivity contribution < 1.29 is 4.39 Å². The fraction of sp³-hybridized carbons (Fsp3) is 0. The van der Waals surface area contributed by atoms with E-state index in [9.17, 15) is 4.39 Å². The molecule has 6 heteroatoms. The Labute approximate surface area is 125 Å². The molecule has 0 aliphatic heterocycles. The zero-order chi connectivity index (χ0) is 14.9. The first kappa shape index (κ1) is 12.6. The van der Waals surface area contributed by atoms with Gasteiger partial charge in [-0.05, 0) is 48.5 Å². The van der Waals surface area contributed by atoms with Crippen LogP contribution in [-0.4, -0.2) is 24.8 Å². The van der Waals surface area contributed by atoms with Crippen LogP contribution >= 0.6 is 0 Å². The maximum Gasteiger partial charge on any atom is 0.176 e. The fourth-order valence-electron chi connectivity index (χ4n) is 2.31. The van der Waals surface area contributed by atoms with E-state index in [1.165, 1.54) is 23.1 Å². The summed E-state index contributed by atoms with van der Waals surface area (Å²) >= 11 is 0. The minimum atomic E-state index is -0.275. The second-order valence-electron chi connectivity index (χ2n) is 4.73. The highest BCUT2D eigenvalue weighted by Crippen LogP contribution is 2.28. The highest BCUT2D eigenvalue weighted by molar-refractivity contribution is 5.78. The van der Waals surface area contributed by atoms with Crippen molar-refractivity contribution in [2.45, 2.75) is 0 Å². The van der Waals surface area contributed by atoms with Crippen LogP contribution in [0.2, 0.25) is 0 Å². The fourth-order valence-corrected chi connectivity index (χ4v) is 2.31. The van der Waals surface area contributed by atoms with Gasteiger partial charge in [-0.1, -0.05) is 0 Å². The summed E-state index contributed by atoms with van der Waals surface area (Å²) < 4.78 is 14.6. The molecular weight excluding hydrogens is 281 g/mol. The van der Waals surface area contributed by atoms with Gasteiger partial charge in [0, 0.05) is 17.3 Å². The standard InChI is InChI=1S/C16H10FN5/c17-12-5-3-11(4-6-12)16-13(2-1-9-18-16)14-7-8-15-19-10-20-22(15)21-14/h1-10H. The molecule has 0 saturated carbocycles. The van der Waals surface area contributed by atoms with Crippen LogP contribution in [0, 0.1) is 5.82 Å². The summed E-state index contributed by atoms with van der Waals surface area (Å²) in [5, 5.41) is 8.48. The van der Waals surface area contributed by atoms with Crippen LogP contribution in [0.5, 0.6) is 0 Å². The van der Waals surface area contributed by atoms with E-state index >= 15 is 0 Å². The Hall–Kier alpha value is -3.15. The summed E-state index contributed by atoms with van der Waals surface area (Å²) in [6, 6.07) is 13.7. The molecule has 4 aromatic rings. The lowest BCUT2D eigenvalue weighted by molar-refractivity contribution is 0.628. The van der Waals surface area contributed by atoms with Crippen LogP contribution in [0.15, 0.2) is 61.1 Å². The SMILES string of the molecule is Fc1ccc(-c2ncccc2-c2ccc3ncnn3n2)cc1.